The van der Waals surface area contributed by atoms with E-state index in [-0.39, 0.29) is 18.1 Å². The summed E-state index contributed by atoms with van der Waals surface area (Å²) in [5.41, 5.74) is 7.80. The third kappa shape index (κ3) is 2.56. The van der Waals surface area contributed by atoms with Crippen molar-refractivity contribution in [2.24, 2.45) is 11.7 Å². The Hall–Kier alpha value is -0.860. The van der Waals surface area contributed by atoms with E-state index in [1.807, 2.05) is 45.0 Å². The van der Waals surface area contributed by atoms with Gasteiger partial charge in [0.1, 0.15) is 0 Å². The monoisotopic (exact) mass is 193 g/mol. The van der Waals surface area contributed by atoms with Crippen molar-refractivity contribution in [3.05, 3.63) is 35.4 Å². The summed E-state index contributed by atoms with van der Waals surface area (Å²) in [6.45, 7) is 5.96. The average Bonchev–Trinajstić information content (AvgIpc) is 2.16. The van der Waals surface area contributed by atoms with Crippen molar-refractivity contribution in [1.82, 2.24) is 0 Å². The van der Waals surface area contributed by atoms with Crippen LogP contribution in [0.3, 0.4) is 0 Å². The Morgan fingerprint density at radius 2 is 1.43 bits per heavy atom. The van der Waals surface area contributed by atoms with Gasteiger partial charge in [-0.2, -0.15) is 0 Å². The zero-order valence-electron chi connectivity index (χ0n) is 9.07. The van der Waals surface area contributed by atoms with Crippen LogP contribution in [0.2, 0.25) is 0 Å². The molecule has 0 aromatic heterocycles. The second kappa shape index (κ2) is 4.58. The van der Waals surface area contributed by atoms with E-state index < -0.39 is 0 Å². The van der Waals surface area contributed by atoms with E-state index in [4.69, 9.17) is 5.73 Å². The van der Waals surface area contributed by atoms with E-state index >= 15 is 0 Å². The predicted molar refractivity (Wildman–Crippen MR) is 58.8 cm³/mol. The number of hydrogen-bond donors (Lipinski definition) is 2. The highest BCUT2D eigenvalue weighted by atomic mass is 16.3. The Morgan fingerprint density at radius 1 is 1.00 bits per heavy atom. The van der Waals surface area contributed by atoms with Crippen molar-refractivity contribution in [1.29, 1.82) is 0 Å². The minimum absolute atomic E-state index is 0.0558. The van der Waals surface area contributed by atoms with Crippen LogP contribution in [0.1, 0.15) is 44.0 Å². The van der Waals surface area contributed by atoms with Crippen LogP contribution in [0.5, 0.6) is 0 Å². The van der Waals surface area contributed by atoms with Crippen molar-refractivity contribution in [2.75, 3.05) is 0 Å². The van der Waals surface area contributed by atoms with Gasteiger partial charge in [0.25, 0.3) is 0 Å². The van der Waals surface area contributed by atoms with E-state index in [2.05, 4.69) is 0 Å². The van der Waals surface area contributed by atoms with Crippen molar-refractivity contribution in [3.8, 4) is 0 Å². The maximum absolute atomic E-state index is 9.80. The fraction of sp³-hybridized carbons (Fsp3) is 0.500. The van der Waals surface area contributed by atoms with Crippen molar-refractivity contribution in [2.45, 2.75) is 32.9 Å². The third-order valence-corrected chi connectivity index (χ3v) is 2.44. The molecule has 2 heteroatoms. The molecule has 78 valence electrons. The highest BCUT2D eigenvalue weighted by Gasteiger charge is 2.11. The Labute approximate surface area is 85.8 Å². The number of nitrogens with two attached hydrogens (primary N) is 1. The average molecular weight is 193 g/mol. The number of rotatable bonds is 3. The number of benzene rings is 1. The summed E-state index contributed by atoms with van der Waals surface area (Å²) in [6.07, 6.45) is -0.378. The van der Waals surface area contributed by atoms with Crippen molar-refractivity contribution >= 4 is 0 Å². The van der Waals surface area contributed by atoms with Gasteiger partial charge in [-0.15, -0.1) is 0 Å². The lowest BCUT2D eigenvalue weighted by Gasteiger charge is -2.15. The summed E-state index contributed by atoms with van der Waals surface area (Å²) in [7, 11) is 0. The van der Waals surface area contributed by atoms with E-state index in [1.54, 1.807) is 0 Å². The predicted octanol–water partition coefficient (Wildman–Crippen LogP) is 2.40. The highest BCUT2D eigenvalue weighted by Crippen LogP contribution is 2.22. The first-order chi connectivity index (χ1) is 6.52. The van der Waals surface area contributed by atoms with Gasteiger partial charge in [0.15, 0.2) is 0 Å². The van der Waals surface area contributed by atoms with Crippen LogP contribution >= 0.6 is 0 Å². The Balaban J connectivity index is 2.83. The van der Waals surface area contributed by atoms with Gasteiger partial charge >= 0.3 is 0 Å². The minimum atomic E-state index is -0.378. The molecule has 0 saturated carbocycles. The smallest absolute Gasteiger partial charge is 0.0812 e. The van der Waals surface area contributed by atoms with Gasteiger partial charge < -0.3 is 10.8 Å². The summed E-state index contributed by atoms with van der Waals surface area (Å²) >= 11 is 0. The molecule has 14 heavy (non-hydrogen) atoms. The number of hydrogen-bond acceptors (Lipinski definition) is 2. The van der Waals surface area contributed by atoms with Crippen LogP contribution in [0, 0.1) is 5.92 Å². The van der Waals surface area contributed by atoms with Crippen molar-refractivity contribution in [3.63, 3.8) is 0 Å². The Morgan fingerprint density at radius 3 is 1.79 bits per heavy atom. The molecule has 0 amide bonds. The number of aliphatic hydroxyl groups excluding tert-OH is 1. The van der Waals surface area contributed by atoms with Crippen LogP contribution in [0.4, 0.5) is 0 Å². The molecule has 0 radical (unpaired) electrons. The van der Waals surface area contributed by atoms with E-state index in [0.717, 1.165) is 11.1 Å². The summed E-state index contributed by atoms with van der Waals surface area (Å²) in [4.78, 5) is 0. The molecule has 2 unspecified atom stereocenters. The van der Waals surface area contributed by atoms with Gasteiger partial charge in [-0.25, -0.2) is 0 Å². The second-order valence-corrected chi connectivity index (χ2v) is 4.14. The van der Waals surface area contributed by atoms with Crippen LogP contribution < -0.4 is 5.73 Å². The lowest BCUT2D eigenvalue weighted by atomic mass is 9.97. The molecule has 0 aliphatic carbocycles. The van der Waals surface area contributed by atoms with Gasteiger partial charge in [0.05, 0.1) is 6.10 Å². The van der Waals surface area contributed by atoms with E-state index in [0.29, 0.717) is 0 Å². The molecule has 1 aromatic carbocycles. The first kappa shape index (κ1) is 11.2. The van der Waals surface area contributed by atoms with Gasteiger partial charge in [-0.05, 0) is 24.0 Å². The van der Waals surface area contributed by atoms with Crippen molar-refractivity contribution < 1.29 is 5.11 Å². The Kier molecular flexibility index (Phi) is 3.67. The maximum atomic E-state index is 9.80. The summed E-state index contributed by atoms with van der Waals surface area (Å²) < 4.78 is 0. The van der Waals surface area contributed by atoms with Crippen LogP contribution in [-0.2, 0) is 0 Å². The molecular formula is C12H19NO. The second-order valence-electron chi connectivity index (χ2n) is 4.14. The quantitative estimate of drug-likeness (QED) is 0.774. The van der Waals surface area contributed by atoms with Crippen LogP contribution in [0.25, 0.3) is 0 Å². The fourth-order valence-electron chi connectivity index (χ4n) is 1.38. The highest BCUT2D eigenvalue weighted by molar-refractivity contribution is 5.26. The molecule has 0 heterocycles. The topological polar surface area (TPSA) is 46.2 Å². The molecule has 0 fully saturated rings. The molecular weight excluding hydrogens is 174 g/mol. The summed E-state index contributed by atoms with van der Waals surface area (Å²) in [5.74, 6) is 0.246. The standard InChI is InChI=1S/C12H19NO/c1-8(2)12(14)11-6-4-10(5-7-11)9(3)13/h4-9,12,14H,13H2,1-3H3. The lowest BCUT2D eigenvalue weighted by molar-refractivity contribution is 0.127. The van der Waals surface area contributed by atoms with Crippen LogP contribution in [-0.4, -0.2) is 5.11 Å². The minimum Gasteiger partial charge on any atom is -0.388 e. The first-order valence-electron chi connectivity index (χ1n) is 5.06. The van der Waals surface area contributed by atoms with E-state index in [9.17, 15) is 5.11 Å². The molecule has 3 N–H and O–H groups in total. The summed E-state index contributed by atoms with van der Waals surface area (Å²) in [6, 6.07) is 7.91. The Bertz CT molecular complexity index is 277. The zero-order valence-corrected chi connectivity index (χ0v) is 9.07. The molecule has 1 rings (SSSR count). The fourth-order valence-corrected chi connectivity index (χ4v) is 1.38. The van der Waals surface area contributed by atoms with Gasteiger partial charge in [-0.3, -0.25) is 0 Å². The molecule has 0 aliphatic rings. The molecule has 2 nitrogen and oxygen atoms in total. The molecule has 0 spiro atoms. The normalized spacial score (nSPS) is 15.6. The zero-order chi connectivity index (χ0) is 10.7. The molecule has 1 aromatic rings. The van der Waals surface area contributed by atoms with Gasteiger partial charge in [0, 0.05) is 6.04 Å². The SMILES string of the molecule is CC(N)c1ccc(C(O)C(C)C)cc1. The van der Waals surface area contributed by atoms with E-state index in [1.165, 1.54) is 0 Å². The number of aliphatic hydroxyl groups is 1. The molecule has 0 saturated heterocycles. The lowest BCUT2D eigenvalue weighted by Crippen LogP contribution is -2.07. The van der Waals surface area contributed by atoms with Gasteiger partial charge in [0.2, 0.25) is 0 Å². The molecule has 0 aliphatic heterocycles. The summed E-state index contributed by atoms with van der Waals surface area (Å²) in [5, 5.41) is 9.80. The first-order valence-corrected chi connectivity index (χ1v) is 5.06. The molecule has 0 bridgehead atoms. The van der Waals surface area contributed by atoms with Gasteiger partial charge in [-0.1, -0.05) is 38.1 Å². The third-order valence-electron chi connectivity index (χ3n) is 2.44. The largest absolute Gasteiger partial charge is 0.388 e. The van der Waals surface area contributed by atoms with Crippen LogP contribution in [0.15, 0.2) is 24.3 Å². The maximum Gasteiger partial charge on any atom is 0.0812 e. The molecule has 2 atom stereocenters.